The maximum atomic E-state index is 10.6. The van der Waals surface area contributed by atoms with Crippen molar-refractivity contribution in [2.45, 2.75) is 26.3 Å². The number of aliphatic carboxylic acids is 1. The third-order valence-electron chi connectivity index (χ3n) is 2.25. The summed E-state index contributed by atoms with van der Waals surface area (Å²) in [5.74, 6) is -0.718. The van der Waals surface area contributed by atoms with Gasteiger partial charge in [0.15, 0.2) is 0 Å². The van der Waals surface area contributed by atoms with Crippen molar-refractivity contribution in [2.75, 3.05) is 6.54 Å². The first-order chi connectivity index (χ1) is 4.55. The molecule has 10 heavy (non-hydrogen) atoms. The second-order valence-electron chi connectivity index (χ2n) is 3.32. The van der Waals surface area contributed by atoms with Crippen LogP contribution in [0.4, 0.5) is 0 Å². The van der Waals surface area contributed by atoms with Crippen molar-refractivity contribution in [1.82, 2.24) is 5.32 Å². The minimum absolute atomic E-state index is 0.171. The number of carbonyl (C=O) groups is 1. The summed E-state index contributed by atoms with van der Waals surface area (Å²) in [5.41, 5.74) is -0.599. The lowest BCUT2D eigenvalue weighted by molar-refractivity contribution is -0.149. The summed E-state index contributed by atoms with van der Waals surface area (Å²) in [6.45, 7) is 4.47. The maximum absolute atomic E-state index is 10.6. The predicted molar refractivity (Wildman–Crippen MR) is 37.8 cm³/mol. The molecule has 3 nitrogen and oxygen atoms in total. The molecule has 0 spiro atoms. The fourth-order valence-electron chi connectivity index (χ4n) is 1.05. The van der Waals surface area contributed by atoms with Crippen molar-refractivity contribution in [3.05, 3.63) is 0 Å². The summed E-state index contributed by atoms with van der Waals surface area (Å²) < 4.78 is 0. The molecule has 1 rings (SSSR count). The van der Waals surface area contributed by atoms with Crippen molar-refractivity contribution in [3.8, 4) is 0 Å². The van der Waals surface area contributed by atoms with Gasteiger partial charge in [-0.05, 0) is 26.8 Å². The zero-order chi connectivity index (χ0) is 7.78. The highest BCUT2D eigenvalue weighted by molar-refractivity contribution is 5.74. The Kier molecular flexibility index (Phi) is 1.68. The molecule has 0 radical (unpaired) electrons. The van der Waals surface area contributed by atoms with Crippen molar-refractivity contribution in [3.63, 3.8) is 0 Å². The Morgan fingerprint density at radius 1 is 1.70 bits per heavy atom. The highest BCUT2D eigenvalue weighted by Gasteiger charge is 2.39. The van der Waals surface area contributed by atoms with Crippen LogP contribution in [0.1, 0.15) is 20.3 Å². The summed E-state index contributed by atoms with van der Waals surface area (Å²) in [6.07, 6.45) is 0.985. The SMILES string of the molecule is CC(C)(C(=O)O)C1CCN1. The Balaban J connectivity index is 2.57. The third kappa shape index (κ3) is 1.01. The maximum Gasteiger partial charge on any atom is 0.310 e. The van der Waals surface area contributed by atoms with Gasteiger partial charge in [0.05, 0.1) is 5.41 Å². The van der Waals surface area contributed by atoms with Crippen LogP contribution < -0.4 is 5.32 Å². The topological polar surface area (TPSA) is 49.3 Å². The number of hydrogen-bond donors (Lipinski definition) is 2. The van der Waals surface area contributed by atoms with Gasteiger partial charge in [0, 0.05) is 6.04 Å². The van der Waals surface area contributed by atoms with Gasteiger partial charge in [-0.15, -0.1) is 0 Å². The van der Waals surface area contributed by atoms with Crippen LogP contribution in [0.5, 0.6) is 0 Å². The smallest absolute Gasteiger partial charge is 0.310 e. The average Bonchev–Trinajstić information content (AvgIpc) is 1.57. The Morgan fingerprint density at radius 3 is 2.30 bits per heavy atom. The summed E-state index contributed by atoms with van der Waals surface area (Å²) in [4.78, 5) is 10.6. The van der Waals surface area contributed by atoms with E-state index in [0.717, 1.165) is 13.0 Å². The second kappa shape index (κ2) is 2.23. The minimum atomic E-state index is -0.718. The Labute approximate surface area is 60.4 Å². The highest BCUT2D eigenvalue weighted by atomic mass is 16.4. The van der Waals surface area contributed by atoms with Crippen LogP contribution in [-0.4, -0.2) is 23.7 Å². The quantitative estimate of drug-likeness (QED) is 0.590. The molecule has 1 heterocycles. The lowest BCUT2D eigenvalue weighted by Crippen LogP contribution is -2.55. The van der Waals surface area contributed by atoms with Gasteiger partial charge in [0.1, 0.15) is 0 Å². The van der Waals surface area contributed by atoms with Crippen LogP contribution in [0.15, 0.2) is 0 Å². The van der Waals surface area contributed by atoms with Gasteiger partial charge in [-0.1, -0.05) is 0 Å². The molecule has 1 saturated heterocycles. The zero-order valence-electron chi connectivity index (χ0n) is 6.35. The van der Waals surface area contributed by atoms with Gasteiger partial charge in [0.2, 0.25) is 0 Å². The second-order valence-corrected chi connectivity index (χ2v) is 3.32. The van der Waals surface area contributed by atoms with Gasteiger partial charge in [-0.2, -0.15) is 0 Å². The van der Waals surface area contributed by atoms with E-state index in [1.165, 1.54) is 0 Å². The van der Waals surface area contributed by atoms with Crippen molar-refractivity contribution in [2.24, 2.45) is 5.41 Å². The van der Waals surface area contributed by atoms with E-state index in [0.29, 0.717) is 0 Å². The first-order valence-electron chi connectivity index (χ1n) is 3.52. The summed E-state index contributed by atoms with van der Waals surface area (Å²) >= 11 is 0. The molecule has 0 saturated carbocycles. The molecular weight excluding hydrogens is 130 g/mol. The average molecular weight is 143 g/mol. The normalized spacial score (nSPS) is 25.6. The van der Waals surface area contributed by atoms with Crippen LogP contribution in [-0.2, 0) is 4.79 Å². The van der Waals surface area contributed by atoms with E-state index in [1.807, 2.05) is 0 Å². The number of carboxylic acid groups (broad SMARTS) is 1. The molecule has 0 amide bonds. The van der Waals surface area contributed by atoms with E-state index in [2.05, 4.69) is 5.32 Å². The molecule has 1 aliphatic rings. The van der Waals surface area contributed by atoms with Gasteiger partial charge < -0.3 is 10.4 Å². The van der Waals surface area contributed by atoms with E-state index >= 15 is 0 Å². The summed E-state index contributed by atoms with van der Waals surface area (Å²) in [7, 11) is 0. The number of carboxylic acids is 1. The van der Waals surface area contributed by atoms with Crippen LogP contribution in [0.25, 0.3) is 0 Å². The molecule has 0 aromatic rings. The van der Waals surface area contributed by atoms with Gasteiger partial charge in [-0.25, -0.2) is 0 Å². The minimum Gasteiger partial charge on any atom is -0.481 e. The number of rotatable bonds is 2. The molecule has 0 bridgehead atoms. The predicted octanol–water partition coefficient (Wildman–Crippen LogP) is 0.459. The van der Waals surface area contributed by atoms with E-state index in [1.54, 1.807) is 13.8 Å². The highest BCUT2D eigenvalue weighted by Crippen LogP contribution is 2.26. The standard InChI is InChI=1S/C7H13NO2/c1-7(2,6(9)10)5-3-4-8-5/h5,8H,3-4H2,1-2H3,(H,9,10). The zero-order valence-corrected chi connectivity index (χ0v) is 6.35. The van der Waals surface area contributed by atoms with Crippen LogP contribution >= 0.6 is 0 Å². The molecule has 0 aromatic carbocycles. The lowest BCUT2D eigenvalue weighted by Gasteiger charge is -2.38. The van der Waals surface area contributed by atoms with Crippen LogP contribution in [0.2, 0.25) is 0 Å². The third-order valence-corrected chi connectivity index (χ3v) is 2.25. The Morgan fingerprint density at radius 2 is 2.20 bits per heavy atom. The molecule has 1 atom stereocenters. The molecule has 1 fully saturated rings. The Bertz CT molecular complexity index is 150. The first kappa shape index (κ1) is 7.54. The molecular formula is C7H13NO2. The molecule has 0 aliphatic carbocycles. The fraction of sp³-hybridized carbons (Fsp3) is 0.857. The van der Waals surface area contributed by atoms with E-state index in [9.17, 15) is 4.79 Å². The van der Waals surface area contributed by atoms with Crippen molar-refractivity contribution >= 4 is 5.97 Å². The van der Waals surface area contributed by atoms with Crippen molar-refractivity contribution in [1.29, 1.82) is 0 Å². The van der Waals surface area contributed by atoms with Crippen LogP contribution in [0.3, 0.4) is 0 Å². The van der Waals surface area contributed by atoms with E-state index in [-0.39, 0.29) is 6.04 Å². The van der Waals surface area contributed by atoms with E-state index < -0.39 is 11.4 Å². The largest absolute Gasteiger partial charge is 0.481 e. The van der Waals surface area contributed by atoms with Gasteiger partial charge in [0.25, 0.3) is 0 Å². The number of nitrogens with one attached hydrogen (secondary N) is 1. The molecule has 2 N–H and O–H groups in total. The van der Waals surface area contributed by atoms with Crippen molar-refractivity contribution < 1.29 is 9.90 Å². The number of hydrogen-bond acceptors (Lipinski definition) is 2. The molecule has 1 aliphatic heterocycles. The lowest BCUT2D eigenvalue weighted by atomic mass is 9.79. The molecule has 3 heteroatoms. The van der Waals surface area contributed by atoms with E-state index in [4.69, 9.17) is 5.11 Å². The Hall–Kier alpha value is -0.570. The summed E-state index contributed by atoms with van der Waals surface area (Å²) in [5, 5.41) is 11.8. The van der Waals surface area contributed by atoms with Gasteiger partial charge in [-0.3, -0.25) is 4.79 Å². The van der Waals surface area contributed by atoms with Gasteiger partial charge >= 0.3 is 5.97 Å². The molecule has 1 unspecified atom stereocenters. The van der Waals surface area contributed by atoms with Crippen LogP contribution in [0, 0.1) is 5.41 Å². The first-order valence-corrected chi connectivity index (χ1v) is 3.52. The fourth-order valence-corrected chi connectivity index (χ4v) is 1.05. The molecule has 0 aromatic heterocycles. The monoisotopic (exact) mass is 143 g/mol. The molecule has 58 valence electrons. The summed E-state index contributed by atoms with van der Waals surface area (Å²) in [6, 6.07) is 0.171.